The maximum absolute atomic E-state index is 12.5. The average molecular weight is 288 g/mol. The molecule has 21 heavy (non-hydrogen) atoms. The van der Waals surface area contributed by atoms with Crippen LogP contribution < -0.4 is 5.32 Å². The van der Waals surface area contributed by atoms with Crippen LogP contribution in [0.5, 0.6) is 0 Å². The Morgan fingerprint density at radius 1 is 1.29 bits per heavy atom. The summed E-state index contributed by atoms with van der Waals surface area (Å²) in [6.07, 6.45) is 2.13. The van der Waals surface area contributed by atoms with Crippen molar-refractivity contribution >= 4 is 11.8 Å². The fourth-order valence-corrected chi connectivity index (χ4v) is 3.03. The average Bonchev–Trinajstić information content (AvgIpc) is 2.49. The molecule has 1 aliphatic rings. The van der Waals surface area contributed by atoms with Gasteiger partial charge in [0.25, 0.3) is 5.91 Å². The Kier molecular flexibility index (Phi) is 4.66. The molecule has 0 spiro atoms. The quantitative estimate of drug-likeness (QED) is 0.904. The largest absolute Gasteiger partial charge is 0.345 e. The van der Waals surface area contributed by atoms with E-state index in [1.807, 2.05) is 37.3 Å². The first-order chi connectivity index (χ1) is 10.00. The number of nitrogens with one attached hydrogen (secondary N) is 1. The Labute approximate surface area is 126 Å². The van der Waals surface area contributed by atoms with Gasteiger partial charge in [-0.15, -0.1) is 0 Å². The van der Waals surface area contributed by atoms with Gasteiger partial charge in [0.15, 0.2) is 0 Å². The maximum Gasteiger partial charge on any atom is 0.250 e. The van der Waals surface area contributed by atoms with Crippen LogP contribution in [0.4, 0.5) is 0 Å². The molecular weight excluding hydrogens is 264 g/mol. The van der Waals surface area contributed by atoms with Crippen molar-refractivity contribution in [1.29, 1.82) is 0 Å². The van der Waals surface area contributed by atoms with Crippen LogP contribution in [-0.2, 0) is 15.1 Å². The van der Waals surface area contributed by atoms with Gasteiger partial charge >= 0.3 is 0 Å². The Bertz CT molecular complexity index is 515. The highest BCUT2D eigenvalue weighted by atomic mass is 16.2. The van der Waals surface area contributed by atoms with Crippen molar-refractivity contribution in [3.8, 4) is 0 Å². The van der Waals surface area contributed by atoms with Gasteiger partial charge < -0.3 is 10.2 Å². The zero-order chi connectivity index (χ0) is 15.5. The summed E-state index contributed by atoms with van der Waals surface area (Å²) in [6, 6.07) is 9.55. The van der Waals surface area contributed by atoms with Gasteiger partial charge in [0.1, 0.15) is 5.54 Å². The van der Waals surface area contributed by atoms with Gasteiger partial charge in [-0.3, -0.25) is 9.59 Å². The molecule has 1 heterocycles. The lowest BCUT2D eigenvalue weighted by molar-refractivity contribution is -0.154. The molecule has 2 unspecified atom stereocenters. The minimum absolute atomic E-state index is 0.0103. The van der Waals surface area contributed by atoms with Gasteiger partial charge in [-0.1, -0.05) is 50.6 Å². The number of amides is 2. The lowest BCUT2D eigenvalue weighted by Crippen LogP contribution is -2.64. The molecule has 1 aromatic carbocycles. The highest BCUT2D eigenvalue weighted by Crippen LogP contribution is 2.32. The summed E-state index contributed by atoms with van der Waals surface area (Å²) >= 11 is 0. The van der Waals surface area contributed by atoms with E-state index >= 15 is 0 Å². The molecule has 0 aromatic heterocycles. The highest BCUT2D eigenvalue weighted by Gasteiger charge is 2.46. The van der Waals surface area contributed by atoms with Crippen LogP contribution in [0, 0.1) is 5.92 Å². The number of rotatable bonds is 5. The normalized spacial score (nSPS) is 23.9. The predicted molar refractivity (Wildman–Crippen MR) is 82.6 cm³/mol. The van der Waals surface area contributed by atoms with E-state index in [1.54, 1.807) is 4.90 Å². The molecule has 2 rings (SSSR count). The molecule has 0 saturated carbocycles. The molecule has 0 radical (unpaired) electrons. The first kappa shape index (κ1) is 15.5. The molecule has 1 saturated heterocycles. The third kappa shape index (κ3) is 2.94. The monoisotopic (exact) mass is 288 g/mol. The summed E-state index contributed by atoms with van der Waals surface area (Å²) in [5, 5.41) is 2.73. The van der Waals surface area contributed by atoms with E-state index in [0.29, 0.717) is 12.5 Å². The van der Waals surface area contributed by atoms with Crippen LogP contribution in [0.1, 0.15) is 39.2 Å². The second-order valence-electron chi connectivity index (χ2n) is 6.02. The molecule has 0 bridgehead atoms. The standard InChI is InChI=1S/C17H24N2O2/c1-4-8-13(2)12-19-15(20)11-18-16(21)17(19,3)14-9-6-5-7-10-14/h5-7,9-10,13H,4,8,11-12H2,1-3H3,(H,18,21). The molecule has 4 nitrogen and oxygen atoms in total. The lowest BCUT2D eigenvalue weighted by atomic mass is 9.86. The Hall–Kier alpha value is -1.84. The van der Waals surface area contributed by atoms with E-state index < -0.39 is 5.54 Å². The summed E-state index contributed by atoms with van der Waals surface area (Å²) < 4.78 is 0. The summed E-state index contributed by atoms with van der Waals surface area (Å²) in [7, 11) is 0. The van der Waals surface area contributed by atoms with Crippen molar-refractivity contribution in [3.05, 3.63) is 35.9 Å². The molecule has 1 aliphatic heterocycles. The minimum Gasteiger partial charge on any atom is -0.345 e. The number of piperazine rings is 1. The topological polar surface area (TPSA) is 49.4 Å². The van der Waals surface area contributed by atoms with Crippen molar-refractivity contribution in [2.45, 2.75) is 39.2 Å². The molecule has 2 atom stereocenters. The van der Waals surface area contributed by atoms with Crippen molar-refractivity contribution in [2.75, 3.05) is 13.1 Å². The Morgan fingerprint density at radius 3 is 2.57 bits per heavy atom. The SMILES string of the molecule is CCCC(C)CN1C(=O)CNC(=O)C1(C)c1ccccc1. The third-order valence-electron chi connectivity index (χ3n) is 4.29. The number of nitrogens with zero attached hydrogens (tertiary/aromatic N) is 1. The molecule has 114 valence electrons. The summed E-state index contributed by atoms with van der Waals surface area (Å²) in [5.74, 6) is 0.272. The smallest absolute Gasteiger partial charge is 0.250 e. The summed E-state index contributed by atoms with van der Waals surface area (Å²) in [6.45, 7) is 6.82. The van der Waals surface area contributed by atoms with Gasteiger partial charge in [0.05, 0.1) is 6.54 Å². The van der Waals surface area contributed by atoms with Crippen molar-refractivity contribution < 1.29 is 9.59 Å². The van der Waals surface area contributed by atoms with E-state index in [1.165, 1.54) is 0 Å². The number of hydrogen-bond acceptors (Lipinski definition) is 2. The molecular formula is C17H24N2O2. The van der Waals surface area contributed by atoms with E-state index in [-0.39, 0.29) is 18.4 Å². The Balaban J connectivity index is 2.36. The van der Waals surface area contributed by atoms with Gasteiger partial charge in [0.2, 0.25) is 5.91 Å². The van der Waals surface area contributed by atoms with Crippen LogP contribution >= 0.6 is 0 Å². The fourth-order valence-electron chi connectivity index (χ4n) is 3.03. The summed E-state index contributed by atoms with van der Waals surface area (Å²) in [4.78, 5) is 26.6. The lowest BCUT2D eigenvalue weighted by Gasteiger charge is -2.44. The number of carbonyl (C=O) groups is 2. The predicted octanol–water partition coefficient (Wildman–Crippen LogP) is 2.30. The summed E-state index contributed by atoms with van der Waals surface area (Å²) in [5.41, 5.74) is -0.0576. The number of benzene rings is 1. The second-order valence-corrected chi connectivity index (χ2v) is 6.02. The van der Waals surface area contributed by atoms with Crippen LogP contribution in [-0.4, -0.2) is 29.8 Å². The second kappa shape index (κ2) is 6.29. The van der Waals surface area contributed by atoms with Crippen LogP contribution in [0.15, 0.2) is 30.3 Å². The number of hydrogen-bond donors (Lipinski definition) is 1. The van der Waals surface area contributed by atoms with E-state index in [0.717, 1.165) is 18.4 Å². The first-order valence-corrected chi connectivity index (χ1v) is 7.64. The van der Waals surface area contributed by atoms with Gasteiger partial charge in [-0.2, -0.15) is 0 Å². The molecule has 1 aromatic rings. The first-order valence-electron chi connectivity index (χ1n) is 7.64. The van der Waals surface area contributed by atoms with Gasteiger partial charge in [-0.05, 0) is 24.8 Å². The van der Waals surface area contributed by atoms with Crippen molar-refractivity contribution in [1.82, 2.24) is 10.2 Å². The molecule has 0 aliphatic carbocycles. The van der Waals surface area contributed by atoms with Crippen LogP contribution in [0.3, 0.4) is 0 Å². The molecule has 4 heteroatoms. The highest BCUT2D eigenvalue weighted by molar-refractivity contribution is 5.98. The molecule has 1 fully saturated rings. The van der Waals surface area contributed by atoms with Crippen LogP contribution in [0.25, 0.3) is 0 Å². The minimum atomic E-state index is -0.918. The van der Waals surface area contributed by atoms with E-state index in [2.05, 4.69) is 19.2 Å². The van der Waals surface area contributed by atoms with Crippen LogP contribution in [0.2, 0.25) is 0 Å². The molecule has 1 N–H and O–H groups in total. The number of carbonyl (C=O) groups excluding carboxylic acids is 2. The van der Waals surface area contributed by atoms with Gasteiger partial charge in [0, 0.05) is 6.54 Å². The Morgan fingerprint density at radius 2 is 1.95 bits per heavy atom. The van der Waals surface area contributed by atoms with Gasteiger partial charge in [-0.25, -0.2) is 0 Å². The maximum atomic E-state index is 12.5. The molecule has 2 amide bonds. The third-order valence-corrected chi connectivity index (χ3v) is 4.29. The zero-order valence-electron chi connectivity index (χ0n) is 13.1. The van der Waals surface area contributed by atoms with Crippen molar-refractivity contribution in [2.24, 2.45) is 5.92 Å². The van der Waals surface area contributed by atoms with Crippen molar-refractivity contribution in [3.63, 3.8) is 0 Å². The van der Waals surface area contributed by atoms with E-state index in [4.69, 9.17) is 0 Å². The zero-order valence-corrected chi connectivity index (χ0v) is 13.1. The fraction of sp³-hybridized carbons (Fsp3) is 0.529. The van der Waals surface area contributed by atoms with E-state index in [9.17, 15) is 9.59 Å².